The predicted molar refractivity (Wildman–Crippen MR) is 56.2 cm³/mol. The molecule has 0 radical (unpaired) electrons. The Morgan fingerprint density at radius 2 is 2.00 bits per heavy atom. The lowest BCUT2D eigenvalue weighted by molar-refractivity contribution is 0.0834. The Kier molecular flexibility index (Phi) is 7.47. The van der Waals surface area contributed by atoms with Crippen LogP contribution in [0.4, 0.5) is 0 Å². The third-order valence-electron chi connectivity index (χ3n) is 2.32. The number of hydrogen-bond acceptors (Lipinski definition) is 3. The molecule has 0 aromatic rings. The van der Waals surface area contributed by atoms with Crippen LogP contribution in [-0.2, 0) is 9.09 Å². The van der Waals surface area contributed by atoms with Crippen molar-refractivity contribution in [2.75, 3.05) is 6.79 Å². The van der Waals surface area contributed by atoms with Crippen LogP contribution in [0.3, 0.4) is 0 Å². The number of hydrogen-bond donors (Lipinski definition) is 2. The van der Waals surface area contributed by atoms with Crippen LogP contribution >= 0.6 is 7.60 Å². The van der Waals surface area contributed by atoms with Gasteiger partial charge in [0, 0.05) is 0 Å². The van der Waals surface area contributed by atoms with Gasteiger partial charge in [0.05, 0.1) is 5.66 Å². The Bertz CT molecular complexity index is 184. The van der Waals surface area contributed by atoms with E-state index in [1.165, 1.54) is 0 Å². The predicted octanol–water partition coefficient (Wildman–Crippen LogP) is 2.50. The van der Waals surface area contributed by atoms with Crippen LogP contribution in [0.25, 0.3) is 0 Å². The lowest BCUT2D eigenvalue weighted by Gasteiger charge is -2.20. The summed E-state index contributed by atoms with van der Waals surface area (Å²) in [5.41, 5.74) is -0.332. The van der Waals surface area contributed by atoms with Crippen LogP contribution < -0.4 is 0 Å². The van der Waals surface area contributed by atoms with Crippen molar-refractivity contribution in [3.63, 3.8) is 0 Å². The smallest absolute Gasteiger partial charge is 0.333 e. The third kappa shape index (κ3) is 5.11. The summed E-state index contributed by atoms with van der Waals surface area (Å²) in [6, 6.07) is 0. The van der Waals surface area contributed by atoms with Crippen molar-refractivity contribution in [1.82, 2.24) is 0 Å². The highest BCUT2D eigenvalue weighted by molar-refractivity contribution is 7.53. The van der Waals surface area contributed by atoms with Gasteiger partial charge in [0.15, 0.2) is 6.79 Å². The molecule has 2 N–H and O–H groups in total. The van der Waals surface area contributed by atoms with Crippen molar-refractivity contribution in [3.8, 4) is 0 Å². The minimum atomic E-state index is -3.59. The van der Waals surface area contributed by atoms with E-state index in [9.17, 15) is 9.46 Å². The molecule has 0 aromatic heterocycles. The molecule has 0 aliphatic heterocycles. The number of aliphatic hydroxyl groups is 1. The van der Waals surface area contributed by atoms with E-state index in [0.717, 1.165) is 19.3 Å². The van der Waals surface area contributed by atoms with Crippen LogP contribution in [0.5, 0.6) is 0 Å². The van der Waals surface area contributed by atoms with Gasteiger partial charge in [-0.2, -0.15) is 0 Å². The lowest BCUT2D eigenvalue weighted by Crippen LogP contribution is -2.10. The second-order valence-electron chi connectivity index (χ2n) is 3.38. The Morgan fingerprint density at radius 1 is 1.36 bits per heavy atom. The highest BCUT2D eigenvalue weighted by Crippen LogP contribution is 2.50. The summed E-state index contributed by atoms with van der Waals surface area (Å²) in [5, 5.41) is 8.46. The standard InChI is InChI=1S/C9H21O4P/c1-3-5-6-7-9(4-2)14(11,12)13-8-10/h9-10H,3-8H2,1-2H3,(H,11,12). The summed E-state index contributed by atoms with van der Waals surface area (Å²) in [5.74, 6) is 0. The lowest BCUT2D eigenvalue weighted by atomic mass is 10.1. The first-order valence-corrected chi connectivity index (χ1v) is 6.81. The zero-order chi connectivity index (χ0) is 11.0. The van der Waals surface area contributed by atoms with Crippen LogP contribution in [0.15, 0.2) is 0 Å². The molecule has 0 saturated carbocycles. The number of rotatable bonds is 8. The molecule has 0 spiro atoms. The molecule has 0 bridgehead atoms. The summed E-state index contributed by atoms with van der Waals surface area (Å²) in [6.45, 7) is 3.27. The van der Waals surface area contributed by atoms with Crippen molar-refractivity contribution in [2.45, 2.75) is 51.6 Å². The van der Waals surface area contributed by atoms with E-state index in [2.05, 4.69) is 11.4 Å². The van der Waals surface area contributed by atoms with Gasteiger partial charge in [0.2, 0.25) is 0 Å². The largest absolute Gasteiger partial charge is 0.370 e. The van der Waals surface area contributed by atoms with E-state index < -0.39 is 14.4 Å². The van der Waals surface area contributed by atoms with Gasteiger partial charge < -0.3 is 10.00 Å². The molecule has 0 amide bonds. The molecule has 2 atom stereocenters. The van der Waals surface area contributed by atoms with Crippen molar-refractivity contribution in [3.05, 3.63) is 0 Å². The Labute approximate surface area is 85.8 Å². The molecule has 0 aliphatic rings. The second-order valence-corrected chi connectivity index (χ2v) is 5.50. The molecule has 5 heteroatoms. The summed E-state index contributed by atoms with van der Waals surface area (Å²) in [7, 11) is -3.59. The fourth-order valence-electron chi connectivity index (χ4n) is 1.42. The zero-order valence-corrected chi connectivity index (χ0v) is 9.87. The van der Waals surface area contributed by atoms with Crippen LogP contribution in [-0.4, -0.2) is 22.5 Å². The van der Waals surface area contributed by atoms with Gasteiger partial charge in [-0.15, -0.1) is 0 Å². The minimum Gasteiger partial charge on any atom is -0.370 e. The molecule has 0 aliphatic carbocycles. The van der Waals surface area contributed by atoms with E-state index in [4.69, 9.17) is 5.11 Å². The summed E-state index contributed by atoms with van der Waals surface area (Å²) < 4.78 is 16.0. The Balaban J connectivity index is 4.04. The van der Waals surface area contributed by atoms with Gasteiger partial charge in [-0.1, -0.05) is 33.1 Å². The highest BCUT2D eigenvalue weighted by Gasteiger charge is 2.29. The maximum Gasteiger partial charge on any atom is 0.333 e. The average Bonchev–Trinajstić information content (AvgIpc) is 2.12. The maximum atomic E-state index is 11.5. The first-order chi connectivity index (χ1) is 6.58. The van der Waals surface area contributed by atoms with Crippen LogP contribution in [0.2, 0.25) is 0 Å². The van der Waals surface area contributed by atoms with Crippen molar-refractivity contribution < 1.29 is 19.1 Å². The molecule has 0 aromatic carbocycles. The fourth-order valence-corrected chi connectivity index (χ4v) is 2.76. The zero-order valence-electron chi connectivity index (χ0n) is 8.98. The van der Waals surface area contributed by atoms with Crippen LogP contribution in [0.1, 0.15) is 46.0 Å². The number of unbranched alkanes of at least 4 members (excludes halogenated alkanes) is 2. The first kappa shape index (κ1) is 14.1. The quantitative estimate of drug-likeness (QED) is 0.377. The van der Waals surface area contributed by atoms with Gasteiger partial charge in [0.1, 0.15) is 0 Å². The third-order valence-corrected chi connectivity index (χ3v) is 4.35. The summed E-state index contributed by atoms with van der Waals surface area (Å²) in [6.07, 6.45) is 4.40. The summed E-state index contributed by atoms with van der Waals surface area (Å²) >= 11 is 0. The Hall–Kier alpha value is 0.110. The molecule has 14 heavy (non-hydrogen) atoms. The maximum absolute atomic E-state index is 11.5. The summed E-state index contributed by atoms with van der Waals surface area (Å²) in [4.78, 5) is 9.45. The van der Waals surface area contributed by atoms with Crippen molar-refractivity contribution in [1.29, 1.82) is 0 Å². The van der Waals surface area contributed by atoms with Gasteiger partial charge in [-0.3, -0.25) is 9.09 Å². The molecular weight excluding hydrogens is 203 g/mol. The number of aliphatic hydroxyl groups excluding tert-OH is 1. The monoisotopic (exact) mass is 224 g/mol. The van der Waals surface area contributed by atoms with E-state index >= 15 is 0 Å². The molecule has 4 nitrogen and oxygen atoms in total. The highest BCUT2D eigenvalue weighted by atomic mass is 31.2. The van der Waals surface area contributed by atoms with Gasteiger partial charge in [-0.05, 0) is 12.8 Å². The van der Waals surface area contributed by atoms with Gasteiger partial charge >= 0.3 is 7.60 Å². The molecule has 86 valence electrons. The molecule has 0 fully saturated rings. The molecule has 0 saturated heterocycles. The molecule has 0 rings (SSSR count). The van der Waals surface area contributed by atoms with E-state index in [-0.39, 0.29) is 5.66 Å². The Morgan fingerprint density at radius 3 is 2.43 bits per heavy atom. The fraction of sp³-hybridized carbons (Fsp3) is 1.00. The van der Waals surface area contributed by atoms with Crippen molar-refractivity contribution >= 4 is 7.60 Å². The van der Waals surface area contributed by atoms with Crippen molar-refractivity contribution in [2.24, 2.45) is 0 Å². The molecular formula is C9H21O4P. The topological polar surface area (TPSA) is 66.8 Å². The van der Waals surface area contributed by atoms with E-state index in [1.807, 2.05) is 6.92 Å². The molecule has 2 unspecified atom stereocenters. The average molecular weight is 224 g/mol. The first-order valence-electron chi connectivity index (χ1n) is 5.16. The van der Waals surface area contributed by atoms with Crippen LogP contribution in [0, 0.1) is 0 Å². The second kappa shape index (κ2) is 7.41. The van der Waals surface area contributed by atoms with E-state index in [0.29, 0.717) is 12.8 Å². The normalized spacial score (nSPS) is 17.7. The SMILES string of the molecule is CCCCCC(CC)P(=O)(O)OCO. The van der Waals surface area contributed by atoms with E-state index in [1.54, 1.807) is 0 Å². The van der Waals surface area contributed by atoms with Gasteiger partial charge in [0.25, 0.3) is 0 Å². The molecule has 0 heterocycles. The minimum absolute atomic E-state index is 0.332. The van der Waals surface area contributed by atoms with Gasteiger partial charge in [-0.25, -0.2) is 0 Å².